The van der Waals surface area contributed by atoms with E-state index >= 15 is 0 Å². The molecule has 3 aliphatic rings. The highest BCUT2D eigenvalue weighted by Gasteiger charge is 2.60. The van der Waals surface area contributed by atoms with Crippen LogP contribution in [0.4, 0.5) is 0 Å². The third-order valence-corrected chi connectivity index (χ3v) is 8.07. The van der Waals surface area contributed by atoms with E-state index in [1.54, 1.807) is 14.2 Å². The summed E-state index contributed by atoms with van der Waals surface area (Å²) in [4.78, 5) is 0. The van der Waals surface area contributed by atoms with E-state index in [1.807, 2.05) is 6.07 Å². The molecule has 0 aromatic heterocycles. The fourth-order valence-corrected chi connectivity index (χ4v) is 6.81. The first kappa shape index (κ1) is 18.0. The summed E-state index contributed by atoms with van der Waals surface area (Å²) in [5.41, 5.74) is 1.98. The number of ether oxygens (including phenoxy) is 3. The zero-order valence-corrected chi connectivity index (χ0v) is 17.3. The zero-order valence-electron chi connectivity index (χ0n) is 17.3. The standard InChI is InChI=1S/C23H34O3/c1-21(2)9-7-10-22(3)19(21)8-11-23(4)20(22)13-15-12-17(24-5)18(25-6)14-16(15)26-23/h12,14,19-20H,7-11,13H2,1-6H3/t19-,20+,22-,23-/m0/s1. The minimum atomic E-state index is -0.0781. The van der Waals surface area contributed by atoms with E-state index in [-0.39, 0.29) is 5.60 Å². The lowest BCUT2D eigenvalue weighted by atomic mass is 9.44. The first-order chi connectivity index (χ1) is 12.2. The molecule has 2 saturated carbocycles. The molecular formula is C23H34O3. The maximum Gasteiger partial charge on any atom is 0.164 e. The second-order valence-electron chi connectivity index (χ2n) is 9.93. The number of methoxy groups -OCH3 is 2. The predicted octanol–water partition coefficient (Wildman–Crippen LogP) is 5.64. The van der Waals surface area contributed by atoms with Gasteiger partial charge in [-0.05, 0) is 67.4 Å². The van der Waals surface area contributed by atoms with Crippen LogP contribution in [0, 0.1) is 22.7 Å². The Kier molecular flexibility index (Phi) is 4.02. The Balaban J connectivity index is 1.77. The first-order valence-corrected chi connectivity index (χ1v) is 10.2. The molecular weight excluding hydrogens is 324 g/mol. The third-order valence-electron chi connectivity index (χ3n) is 8.07. The summed E-state index contributed by atoms with van der Waals surface area (Å²) >= 11 is 0. The molecule has 0 saturated heterocycles. The van der Waals surface area contributed by atoms with Gasteiger partial charge >= 0.3 is 0 Å². The number of benzene rings is 1. The molecule has 3 heteroatoms. The fourth-order valence-electron chi connectivity index (χ4n) is 6.81. The van der Waals surface area contributed by atoms with Crippen molar-refractivity contribution in [3.05, 3.63) is 17.7 Å². The largest absolute Gasteiger partial charge is 0.493 e. The van der Waals surface area contributed by atoms with Gasteiger partial charge < -0.3 is 14.2 Å². The monoisotopic (exact) mass is 358 g/mol. The van der Waals surface area contributed by atoms with Crippen LogP contribution in [0.15, 0.2) is 12.1 Å². The molecule has 26 heavy (non-hydrogen) atoms. The topological polar surface area (TPSA) is 27.7 Å². The molecule has 1 aliphatic heterocycles. The van der Waals surface area contributed by atoms with Crippen molar-refractivity contribution < 1.29 is 14.2 Å². The molecule has 144 valence electrons. The molecule has 1 heterocycles. The van der Waals surface area contributed by atoms with Crippen LogP contribution in [0.25, 0.3) is 0 Å². The van der Waals surface area contributed by atoms with Gasteiger partial charge in [0.15, 0.2) is 11.5 Å². The van der Waals surface area contributed by atoms with Crippen LogP contribution in [0.3, 0.4) is 0 Å². The Morgan fingerprint density at radius 2 is 1.62 bits per heavy atom. The van der Waals surface area contributed by atoms with Crippen molar-refractivity contribution in [1.29, 1.82) is 0 Å². The van der Waals surface area contributed by atoms with Crippen molar-refractivity contribution in [2.24, 2.45) is 22.7 Å². The highest BCUT2D eigenvalue weighted by Crippen LogP contribution is 2.64. The molecule has 4 atom stereocenters. The zero-order chi connectivity index (χ0) is 18.7. The van der Waals surface area contributed by atoms with E-state index in [0.717, 1.165) is 36.0 Å². The van der Waals surface area contributed by atoms with Crippen molar-refractivity contribution >= 4 is 0 Å². The maximum atomic E-state index is 6.71. The molecule has 2 aliphatic carbocycles. The Bertz CT molecular complexity index is 710. The van der Waals surface area contributed by atoms with Crippen molar-refractivity contribution in [1.82, 2.24) is 0 Å². The second-order valence-corrected chi connectivity index (χ2v) is 9.93. The van der Waals surface area contributed by atoms with Gasteiger partial charge in [-0.2, -0.15) is 0 Å². The van der Waals surface area contributed by atoms with E-state index in [4.69, 9.17) is 14.2 Å². The highest BCUT2D eigenvalue weighted by molar-refractivity contribution is 5.52. The average molecular weight is 359 g/mol. The smallest absolute Gasteiger partial charge is 0.164 e. The minimum absolute atomic E-state index is 0.0781. The van der Waals surface area contributed by atoms with Gasteiger partial charge in [0.05, 0.1) is 14.2 Å². The van der Waals surface area contributed by atoms with Crippen LogP contribution in [0.5, 0.6) is 17.2 Å². The normalized spacial score (nSPS) is 37.6. The van der Waals surface area contributed by atoms with E-state index in [9.17, 15) is 0 Å². The van der Waals surface area contributed by atoms with E-state index in [2.05, 4.69) is 33.8 Å². The van der Waals surface area contributed by atoms with Crippen LogP contribution >= 0.6 is 0 Å². The van der Waals surface area contributed by atoms with Crippen LogP contribution in [0.2, 0.25) is 0 Å². The molecule has 0 unspecified atom stereocenters. The number of hydrogen-bond acceptors (Lipinski definition) is 3. The van der Waals surface area contributed by atoms with Crippen LogP contribution in [-0.2, 0) is 6.42 Å². The Morgan fingerprint density at radius 3 is 2.31 bits per heavy atom. The van der Waals surface area contributed by atoms with Crippen molar-refractivity contribution in [2.45, 2.75) is 71.8 Å². The van der Waals surface area contributed by atoms with Gasteiger partial charge in [-0.25, -0.2) is 0 Å². The van der Waals surface area contributed by atoms with Crippen LogP contribution in [0.1, 0.15) is 65.4 Å². The Hall–Kier alpha value is -1.38. The lowest BCUT2D eigenvalue weighted by molar-refractivity contribution is -0.162. The fraction of sp³-hybridized carbons (Fsp3) is 0.739. The highest BCUT2D eigenvalue weighted by atomic mass is 16.5. The first-order valence-electron chi connectivity index (χ1n) is 10.2. The molecule has 0 bridgehead atoms. The number of rotatable bonds is 2. The third kappa shape index (κ3) is 2.46. The van der Waals surface area contributed by atoms with Gasteiger partial charge in [0.25, 0.3) is 0 Å². The predicted molar refractivity (Wildman–Crippen MR) is 104 cm³/mol. The summed E-state index contributed by atoms with van der Waals surface area (Å²) in [5, 5.41) is 0. The summed E-state index contributed by atoms with van der Waals surface area (Å²) in [6, 6.07) is 4.16. The number of fused-ring (bicyclic) bond motifs is 4. The van der Waals surface area contributed by atoms with Gasteiger partial charge in [-0.15, -0.1) is 0 Å². The molecule has 2 fully saturated rings. The Labute approximate surface area is 158 Å². The van der Waals surface area contributed by atoms with Crippen molar-refractivity contribution in [3.63, 3.8) is 0 Å². The van der Waals surface area contributed by atoms with Crippen molar-refractivity contribution in [2.75, 3.05) is 14.2 Å². The molecule has 4 rings (SSSR count). The molecule has 0 radical (unpaired) electrons. The summed E-state index contributed by atoms with van der Waals surface area (Å²) in [6.45, 7) is 9.88. The molecule has 1 aromatic rings. The summed E-state index contributed by atoms with van der Waals surface area (Å²) < 4.78 is 17.8. The summed E-state index contributed by atoms with van der Waals surface area (Å²) in [5.74, 6) is 3.89. The van der Waals surface area contributed by atoms with Gasteiger partial charge in [-0.1, -0.05) is 27.2 Å². The minimum Gasteiger partial charge on any atom is -0.493 e. The SMILES string of the molecule is COc1cc2c(cc1OC)O[C@@]1(C)CC[C@H]3C(C)(C)CCC[C@]3(C)[C@H]1C2. The van der Waals surface area contributed by atoms with Crippen molar-refractivity contribution in [3.8, 4) is 17.2 Å². The van der Waals surface area contributed by atoms with Crippen LogP contribution in [-0.4, -0.2) is 19.8 Å². The molecule has 0 N–H and O–H groups in total. The quantitative estimate of drug-likeness (QED) is 0.685. The van der Waals surface area contributed by atoms with E-state index in [0.29, 0.717) is 16.7 Å². The number of hydrogen-bond donors (Lipinski definition) is 0. The lowest BCUT2D eigenvalue weighted by Crippen LogP contribution is -2.61. The maximum absolute atomic E-state index is 6.71. The van der Waals surface area contributed by atoms with Gasteiger partial charge in [0.2, 0.25) is 0 Å². The lowest BCUT2D eigenvalue weighted by Gasteiger charge is -2.63. The average Bonchev–Trinajstić information content (AvgIpc) is 2.58. The molecule has 1 aromatic carbocycles. The van der Waals surface area contributed by atoms with Gasteiger partial charge in [0, 0.05) is 12.0 Å². The second kappa shape index (κ2) is 5.81. The van der Waals surface area contributed by atoms with E-state index in [1.165, 1.54) is 31.2 Å². The van der Waals surface area contributed by atoms with Crippen LogP contribution < -0.4 is 14.2 Å². The molecule has 3 nitrogen and oxygen atoms in total. The van der Waals surface area contributed by atoms with Gasteiger partial charge in [0.1, 0.15) is 11.4 Å². The molecule has 0 amide bonds. The summed E-state index contributed by atoms with van der Waals surface area (Å²) in [6.07, 6.45) is 7.53. The van der Waals surface area contributed by atoms with E-state index < -0.39 is 0 Å². The summed E-state index contributed by atoms with van der Waals surface area (Å²) in [7, 11) is 3.40. The Morgan fingerprint density at radius 1 is 0.923 bits per heavy atom. The molecule has 0 spiro atoms. The van der Waals surface area contributed by atoms with Gasteiger partial charge in [-0.3, -0.25) is 0 Å².